The average Bonchev–Trinajstić information content (AvgIpc) is 2.61. The summed E-state index contributed by atoms with van der Waals surface area (Å²) < 4.78 is 19.7. The Morgan fingerprint density at radius 2 is 1.85 bits per heavy atom. The van der Waals surface area contributed by atoms with Crippen LogP contribution in [0.25, 0.3) is 0 Å². The molecule has 0 spiro atoms. The van der Waals surface area contributed by atoms with Gasteiger partial charge in [-0.2, -0.15) is 0 Å². The fourth-order valence-electron chi connectivity index (χ4n) is 2.39. The molecule has 0 saturated carbocycles. The van der Waals surface area contributed by atoms with E-state index in [1.165, 1.54) is 19.2 Å². The fraction of sp³-hybridized carbons (Fsp3) is 0.263. The highest BCUT2D eigenvalue weighted by atomic mass is 79.9. The number of amides is 2. The van der Waals surface area contributed by atoms with Gasteiger partial charge in [-0.05, 0) is 36.2 Å². The van der Waals surface area contributed by atoms with Crippen molar-refractivity contribution in [2.45, 2.75) is 19.9 Å². The first-order valence-electron chi connectivity index (χ1n) is 8.03. The predicted molar refractivity (Wildman–Crippen MR) is 102 cm³/mol. The van der Waals surface area contributed by atoms with Crippen LogP contribution in [0.15, 0.2) is 46.9 Å². The number of para-hydroxylation sites is 1. The van der Waals surface area contributed by atoms with Gasteiger partial charge in [0.15, 0.2) is 0 Å². The van der Waals surface area contributed by atoms with Crippen molar-refractivity contribution in [2.24, 2.45) is 5.92 Å². The van der Waals surface area contributed by atoms with Crippen LogP contribution in [0.1, 0.15) is 24.2 Å². The summed E-state index contributed by atoms with van der Waals surface area (Å²) >= 11 is 3.17. The molecule has 0 heterocycles. The summed E-state index contributed by atoms with van der Waals surface area (Å²) in [6.45, 7) is 3.59. The number of ether oxygens (including phenoxy) is 1. The van der Waals surface area contributed by atoms with Crippen molar-refractivity contribution in [3.63, 3.8) is 0 Å². The standard InChI is InChI=1S/C19H20BrFN2O3/c1-11(2)17(19(25)22-15-9-8-12(20)10-14(15)21)23-18(24)13-6-4-5-7-16(13)26-3/h4-11,17H,1-3H3,(H,22,25)(H,23,24). The van der Waals surface area contributed by atoms with Crippen LogP contribution >= 0.6 is 15.9 Å². The van der Waals surface area contributed by atoms with E-state index in [9.17, 15) is 14.0 Å². The van der Waals surface area contributed by atoms with Crippen molar-refractivity contribution in [3.8, 4) is 5.75 Å². The lowest BCUT2D eigenvalue weighted by Crippen LogP contribution is -2.47. The Balaban J connectivity index is 2.17. The molecule has 0 aliphatic carbocycles. The van der Waals surface area contributed by atoms with E-state index in [4.69, 9.17) is 4.74 Å². The maximum atomic E-state index is 14.0. The average molecular weight is 423 g/mol. The van der Waals surface area contributed by atoms with Gasteiger partial charge in [-0.1, -0.05) is 41.9 Å². The van der Waals surface area contributed by atoms with Gasteiger partial charge in [0.05, 0.1) is 18.4 Å². The first kappa shape index (κ1) is 19.9. The SMILES string of the molecule is COc1ccccc1C(=O)NC(C(=O)Nc1ccc(Br)cc1F)C(C)C. The molecule has 7 heteroatoms. The molecule has 0 radical (unpaired) electrons. The Morgan fingerprint density at radius 3 is 2.46 bits per heavy atom. The molecule has 2 aromatic rings. The second kappa shape index (κ2) is 8.80. The molecule has 0 bridgehead atoms. The molecule has 2 aromatic carbocycles. The molecule has 138 valence electrons. The summed E-state index contributed by atoms with van der Waals surface area (Å²) in [6.07, 6.45) is 0. The van der Waals surface area contributed by atoms with Crippen LogP contribution in [0.2, 0.25) is 0 Å². The van der Waals surface area contributed by atoms with Gasteiger partial charge < -0.3 is 15.4 Å². The number of carbonyl (C=O) groups is 2. The number of benzene rings is 2. The Kier molecular flexibility index (Phi) is 6.74. The highest BCUT2D eigenvalue weighted by Gasteiger charge is 2.26. The summed E-state index contributed by atoms with van der Waals surface area (Å²) in [7, 11) is 1.47. The van der Waals surface area contributed by atoms with E-state index in [1.807, 2.05) is 0 Å². The smallest absolute Gasteiger partial charge is 0.255 e. The summed E-state index contributed by atoms with van der Waals surface area (Å²) in [4.78, 5) is 25.1. The lowest BCUT2D eigenvalue weighted by atomic mass is 10.0. The molecular formula is C19H20BrFN2O3. The summed E-state index contributed by atoms with van der Waals surface area (Å²) in [6, 6.07) is 10.2. The molecule has 0 aliphatic heterocycles. The lowest BCUT2D eigenvalue weighted by molar-refractivity contribution is -0.118. The lowest BCUT2D eigenvalue weighted by Gasteiger charge is -2.22. The predicted octanol–water partition coefficient (Wildman–Crippen LogP) is 3.99. The molecule has 0 aromatic heterocycles. The third-order valence-corrected chi connectivity index (χ3v) is 4.27. The van der Waals surface area contributed by atoms with E-state index in [2.05, 4.69) is 26.6 Å². The van der Waals surface area contributed by atoms with Gasteiger partial charge in [0.25, 0.3) is 5.91 Å². The number of anilines is 1. The first-order valence-corrected chi connectivity index (χ1v) is 8.82. The number of methoxy groups -OCH3 is 1. The fourth-order valence-corrected chi connectivity index (χ4v) is 2.72. The van der Waals surface area contributed by atoms with Gasteiger partial charge in [0.1, 0.15) is 17.6 Å². The van der Waals surface area contributed by atoms with Crippen LogP contribution in [0.5, 0.6) is 5.75 Å². The second-order valence-corrected chi connectivity index (χ2v) is 6.92. The van der Waals surface area contributed by atoms with Crippen LogP contribution in [0.3, 0.4) is 0 Å². The van der Waals surface area contributed by atoms with E-state index in [0.717, 1.165) is 0 Å². The number of hydrogen-bond donors (Lipinski definition) is 2. The Morgan fingerprint density at radius 1 is 1.15 bits per heavy atom. The van der Waals surface area contributed by atoms with Crippen molar-refractivity contribution in [3.05, 3.63) is 58.3 Å². The van der Waals surface area contributed by atoms with Crippen LogP contribution in [-0.2, 0) is 4.79 Å². The van der Waals surface area contributed by atoms with Crippen molar-refractivity contribution in [1.29, 1.82) is 0 Å². The number of halogens is 2. The zero-order valence-electron chi connectivity index (χ0n) is 14.7. The molecule has 2 N–H and O–H groups in total. The minimum Gasteiger partial charge on any atom is -0.496 e. The quantitative estimate of drug-likeness (QED) is 0.739. The summed E-state index contributed by atoms with van der Waals surface area (Å²) in [5.41, 5.74) is 0.374. The normalized spacial score (nSPS) is 11.8. The molecule has 1 unspecified atom stereocenters. The number of rotatable bonds is 6. The van der Waals surface area contributed by atoms with Gasteiger partial charge in [0.2, 0.25) is 5.91 Å². The topological polar surface area (TPSA) is 67.4 Å². The molecule has 5 nitrogen and oxygen atoms in total. The zero-order chi connectivity index (χ0) is 19.3. The monoisotopic (exact) mass is 422 g/mol. The van der Waals surface area contributed by atoms with E-state index >= 15 is 0 Å². The van der Waals surface area contributed by atoms with Gasteiger partial charge >= 0.3 is 0 Å². The summed E-state index contributed by atoms with van der Waals surface area (Å²) in [5.74, 6) is -1.29. The Labute approximate surface area is 160 Å². The number of hydrogen-bond acceptors (Lipinski definition) is 3. The van der Waals surface area contributed by atoms with Gasteiger partial charge in [-0.15, -0.1) is 0 Å². The molecule has 26 heavy (non-hydrogen) atoms. The molecular weight excluding hydrogens is 403 g/mol. The van der Waals surface area contributed by atoms with E-state index < -0.39 is 23.7 Å². The van der Waals surface area contributed by atoms with Crippen molar-refractivity contribution in [2.75, 3.05) is 12.4 Å². The maximum absolute atomic E-state index is 14.0. The van der Waals surface area contributed by atoms with Crippen LogP contribution < -0.4 is 15.4 Å². The molecule has 0 saturated heterocycles. The minimum absolute atomic E-state index is 0.0513. The Hall–Kier alpha value is -2.41. The highest BCUT2D eigenvalue weighted by molar-refractivity contribution is 9.10. The largest absolute Gasteiger partial charge is 0.496 e. The second-order valence-electron chi connectivity index (χ2n) is 6.01. The first-order chi connectivity index (χ1) is 12.3. The molecule has 2 rings (SSSR count). The molecule has 0 aliphatic rings. The maximum Gasteiger partial charge on any atom is 0.255 e. The third-order valence-electron chi connectivity index (χ3n) is 3.78. The van der Waals surface area contributed by atoms with E-state index in [-0.39, 0.29) is 11.6 Å². The number of nitrogens with one attached hydrogen (secondary N) is 2. The Bertz CT molecular complexity index is 811. The van der Waals surface area contributed by atoms with Gasteiger partial charge in [-0.3, -0.25) is 9.59 Å². The summed E-state index contributed by atoms with van der Waals surface area (Å²) in [5, 5.41) is 5.22. The highest BCUT2D eigenvalue weighted by Crippen LogP contribution is 2.21. The minimum atomic E-state index is -0.838. The molecule has 0 fully saturated rings. The zero-order valence-corrected chi connectivity index (χ0v) is 16.3. The number of carbonyl (C=O) groups excluding carboxylic acids is 2. The van der Waals surface area contributed by atoms with Gasteiger partial charge in [-0.25, -0.2) is 4.39 Å². The third kappa shape index (κ3) is 4.82. The molecule has 2 amide bonds. The molecule has 1 atom stereocenters. The van der Waals surface area contributed by atoms with Crippen molar-refractivity contribution < 1.29 is 18.7 Å². The van der Waals surface area contributed by atoms with Crippen LogP contribution in [0, 0.1) is 11.7 Å². The van der Waals surface area contributed by atoms with Crippen molar-refractivity contribution in [1.82, 2.24) is 5.32 Å². The van der Waals surface area contributed by atoms with Crippen molar-refractivity contribution >= 4 is 33.4 Å². The van der Waals surface area contributed by atoms with E-state index in [1.54, 1.807) is 44.2 Å². The van der Waals surface area contributed by atoms with Gasteiger partial charge in [0, 0.05) is 4.47 Å². The van der Waals surface area contributed by atoms with E-state index in [0.29, 0.717) is 15.8 Å². The van der Waals surface area contributed by atoms with Crippen LogP contribution in [-0.4, -0.2) is 25.0 Å². The van der Waals surface area contributed by atoms with Crippen LogP contribution in [0.4, 0.5) is 10.1 Å².